The van der Waals surface area contributed by atoms with Gasteiger partial charge in [-0.2, -0.15) is 5.26 Å². The van der Waals surface area contributed by atoms with Gasteiger partial charge in [-0.15, -0.1) is 0 Å². The molecule has 3 aromatic rings. The van der Waals surface area contributed by atoms with Crippen molar-refractivity contribution in [2.24, 2.45) is 0 Å². The Bertz CT molecular complexity index is 1400. The van der Waals surface area contributed by atoms with Crippen molar-refractivity contribution in [1.82, 2.24) is 13.9 Å². The number of nitriles is 1. The summed E-state index contributed by atoms with van der Waals surface area (Å²) in [6.45, 7) is 7.08. The largest absolute Gasteiger partial charge is 0.450 e. The zero-order valence-corrected chi connectivity index (χ0v) is 22.0. The van der Waals surface area contributed by atoms with Crippen molar-refractivity contribution < 1.29 is 18.3 Å². The molecule has 0 bridgehead atoms. The van der Waals surface area contributed by atoms with E-state index in [1.54, 1.807) is 0 Å². The second-order valence-corrected chi connectivity index (χ2v) is 9.95. The van der Waals surface area contributed by atoms with Gasteiger partial charge < -0.3 is 14.2 Å². The molecule has 0 saturated carbocycles. The maximum Gasteiger partial charge on any atom is 0.264 e. The fourth-order valence-corrected chi connectivity index (χ4v) is 4.95. The Morgan fingerprint density at radius 3 is 2.70 bits per heavy atom. The molecule has 0 amide bonds. The van der Waals surface area contributed by atoms with E-state index in [1.807, 2.05) is 38.2 Å². The number of rotatable bonds is 9. The molecule has 1 atom stereocenters. The van der Waals surface area contributed by atoms with Crippen molar-refractivity contribution in [2.75, 3.05) is 24.9 Å². The molecule has 1 aromatic heterocycles. The zero-order valence-electron chi connectivity index (χ0n) is 21.2. The van der Waals surface area contributed by atoms with Crippen LogP contribution in [0.3, 0.4) is 0 Å². The zero-order chi connectivity index (χ0) is 26.7. The van der Waals surface area contributed by atoms with Crippen LogP contribution in [0, 0.1) is 23.0 Å². The van der Waals surface area contributed by atoms with Crippen LogP contribution in [-0.4, -0.2) is 39.7 Å². The number of hydrogen-bond acceptors (Lipinski definition) is 8. The number of benzene rings is 2. The Hall–Kier alpha value is -3.20. The average Bonchev–Trinajstić information content (AvgIpc) is 3.35. The minimum Gasteiger partial charge on any atom is -0.450 e. The van der Waals surface area contributed by atoms with E-state index in [0.717, 1.165) is 25.5 Å². The first-order chi connectivity index (χ1) is 17.8. The SMILES string of the molecule is CCN(C)SNc1ccc(F)c(Oc2ccc3ncn(C4COC(CC)(CC)C4)c(=O)c3c2F)c1C#N. The van der Waals surface area contributed by atoms with Gasteiger partial charge in [0.2, 0.25) is 0 Å². The van der Waals surface area contributed by atoms with Gasteiger partial charge in [-0.3, -0.25) is 9.36 Å². The average molecular weight is 530 g/mol. The number of aromatic nitrogens is 2. The molecule has 2 heterocycles. The second kappa shape index (κ2) is 11.0. The van der Waals surface area contributed by atoms with Crippen molar-refractivity contribution in [2.45, 2.75) is 51.7 Å². The lowest BCUT2D eigenvalue weighted by molar-refractivity contribution is -0.00268. The summed E-state index contributed by atoms with van der Waals surface area (Å²) in [7, 11) is 1.85. The molecule has 196 valence electrons. The van der Waals surface area contributed by atoms with E-state index in [0.29, 0.717) is 18.7 Å². The van der Waals surface area contributed by atoms with Gasteiger partial charge in [0.25, 0.3) is 5.56 Å². The lowest BCUT2D eigenvalue weighted by Crippen LogP contribution is -2.28. The molecule has 1 saturated heterocycles. The van der Waals surface area contributed by atoms with Crippen LogP contribution >= 0.6 is 12.1 Å². The van der Waals surface area contributed by atoms with Crippen molar-refractivity contribution in [1.29, 1.82) is 5.26 Å². The molecule has 0 radical (unpaired) electrons. The predicted octanol–water partition coefficient (Wildman–Crippen LogP) is 5.79. The summed E-state index contributed by atoms with van der Waals surface area (Å²) >= 11 is 1.22. The minimum absolute atomic E-state index is 0.126. The van der Waals surface area contributed by atoms with E-state index in [4.69, 9.17) is 9.47 Å². The standard InChI is InChI=1S/C26H29F2N5O3S/c1-5-26(6-2)12-16(14-35-26)33-15-30-20-10-11-21(23(28)22(20)25(33)34)36-24-17(13-29)19(9-8-18(24)27)31-37-32(4)7-3/h8-11,15-16,31H,5-7,12,14H2,1-4H3. The first-order valence-electron chi connectivity index (χ1n) is 12.1. The molecule has 11 heteroatoms. The first kappa shape index (κ1) is 26.9. The van der Waals surface area contributed by atoms with E-state index in [2.05, 4.69) is 9.71 Å². The quantitative estimate of drug-likeness (QED) is 0.349. The van der Waals surface area contributed by atoms with Gasteiger partial charge in [0.1, 0.15) is 17.0 Å². The highest BCUT2D eigenvalue weighted by Gasteiger charge is 2.39. The number of hydrogen-bond donors (Lipinski definition) is 1. The molecular formula is C26H29F2N5O3S. The third-order valence-corrected chi connectivity index (χ3v) is 7.80. The molecule has 2 aromatic carbocycles. The van der Waals surface area contributed by atoms with Gasteiger partial charge >= 0.3 is 0 Å². The van der Waals surface area contributed by atoms with Gasteiger partial charge in [0.05, 0.1) is 35.8 Å². The Balaban J connectivity index is 1.72. The second-order valence-electron chi connectivity index (χ2n) is 8.94. The van der Waals surface area contributed by atoms with Crippen LogP contribution in [0.25, 0.3) is 10.9 Å². The molecular weight excluding hydrogens is 500 g/mol. The van der Waals surface area contributed by atoms with Crippen molar-refractivity contribution in [3.63, 3.8) is 0 Å². The van der Waals surface area contributed by atoms with E-state index in [-0.39, 0.29) is 33.9 Å². The van der Waals surface area contributed by atoms with E-state index in [1.165, 1.54) is 41.2 Å². The van der Waals surface area contributed by atoms with Gasteiger partial charge in [-0.1, -0.05) is 20.8 Å². The summed E-state index contributed by atoms with van der Waals surface area (Å²) in [5, 5.41) is 9.46. The van der Waals surface area contributed by atoms with Crippen LogP contribution in [0.15, 0.2) is 35.4 Å². The van der Waals surface area contributed by atoms with E-state index < -0.39 is 22.9 Å². The Labute approximate surface area is 218 Å². The molecule has 37 heavy (non-hydrogen) atoms. The number of nitrogens with zero attached hydrogens (tertiary/aromatic N) is 4. The van der Waals surface area contributed by atoms with Crippen LogP contribution in [-0.2, 0) is 4.74 Å². The minimum atomic E-state index is -0.970. The summed E-state index contributed by atoms with van der Waals surface area (Å²) in [5.41, 5.74) is -0.556. The van der Waals surface area contributed by atoms with Crippen LogP contribution < -0.4 is 15.0 Å². The Kier molecular flexibility index (Phi) is 8.02. The molecule has 1 unspecified atom stereocenters. The molecule has 1 aliphatic rings. The maximum absolute atomic E-state index is 15.7. The number of anilines is 1. The highest BCUT2D eigenvalue weighted by molar-refractivity contribution is 7.98. The molecule has 1 fully saturated rings. The van der Waals surface area contributed by atoms with Gasteiger partial charge in [0, 0.05) is 18.7 Å². The number of ether oxygens (including phenoxy) is 2. The Morgan fingerprint density at radius 1 is 1.30 bits per heavy atom. The van der Waals surface area contributed by atoms with Crippen molar-refractivity contribution >= 4 is 28.7 Å². The predicted molar refractivity (Wildman–Crippen MR) is 140 cm³/mol. The number of nitrogens with one attached hydrogen (secondary N) is 1. The van der Waals surface area contributed by atoms with Gasteiger partial charge in [-0.05, 0) is 50.6 Å². The van der Waals surface area contributed by atoms with Crippen molar-refractivity contribution in [3.8, 4) is 17.6 Å². The third kappa shape index (κ3) is 5.14. The third-order valence-electron chi connectivity index (χ3n) is 6.92. The van der Waals surface area contributed by atoms with Crippen LogP contribution in [0.4, 0.5) is 14.5 Å². The fraction of sp³-hybridized carbons (Fsp3) is 0.423. The Morgan fingerprint density at radius 2 is 2.05 bits per heavy atom. The lowest BCUT2D eigenvalue weighted by Gasteiger charge is -2.25. The lowest BCUT2D eigenvalue weighted by atomic mass is 9.92. The summed E-state index contributed by atoms with van der Waals surface area (Å²) in [6.07, 6.45) is 3.63. The van der Waals surface area contributed by atoms with Crippen LogP contribution in [0.1, 0.15) is 51.6 Å². The highest BCUT2D eigenvalue weighted by Crippen LogP contribution is 2.39. The summed E-state index contributed by atoms with van der Waals surface area (Å²) in [6, 6.07) is 6.89. The van der Waals surface area contributed by atoms with E-state index in [9.17, 15) is 14.4 Å². The number of fused-ring (bicyclic) bond motifs is 1. The summed E-state index contributed by atoms with van der Waals surface area (Å²) < 4.78 is 48.3. The van der Waals surface area contributed by atoms with E-state index >= 15 is 4.39 Å². The topological polar surface area (TPSA) is 92.4 Å². The van der Waals surface area contributed by atoms with Gasteiger partial charge in [0.15, 0.2) is 23.1 Å². The molecule has 4 rings (SSSR count). The molecule has 1 N–H and O–H groups in total. The summed E-state index contributed by atoms with van der Waals surface area (Å²) in [5.74, 6) is -2.62. The highest BCUT2D eigenvalue weighted by atomic mass is 32.2. The molecule has 0 aliphatic carbocycles. The van der Waals surface area contributed by atoms with Crippen LogP contribution in [0.5, 0.6) is 11.5 Å². The molecule has 1 aliphatic heterocycles. The smallest absolute Gasteiger partial charge is 0.264 e. The monoisotopic (exact) mass is 529 g/mol. The van der Waals surface area contributed by atoms with Crippen molar-refractivity contribution in [3.05, 3.63) is 58.1 Å². The maximum atomic E-state index is 15.7. The number of halogens is 2. The molecule has 8 nitrogen and oxygen atoms in total. The summed E-state index contributed by atoms with van der Waals surface area (Å²) in [4.78, 5) is 17.7. The van der Waals surface area contributed by atoms with Crippen LogP contribution in [0.2, 0.25) is 0 Å². The first-order valence-corrected chi connectivity index (χ1v) is 12.9. The fourth-order valence-electron chi connectivity index (χ4n) is 4.40. The van der Waals surface area contributed by atoms with Gasteiger partial charge in [-0.25, -0.2) is 18.1 Å². The molecule has 0 spiro atoms. The normalized spacial score (nSPS) is 16.8.